The van der Waals surface area contributed by atoms with E-state index in [0.717, 1.165) is 18.4 Å². The van der Waals surface area contributed by atoms with Gasteiger partial charge >= 0.3 is 6.03 Å². The van der Waals surface area contributed by atoms with Crippen LogP contribution < -0.4 is 10.6 Å². The highest BCUT2D eigenvalue weighted by Gasteiger charge is 2.12. The molecule has 0 bridgehead atoms. The van der Waals surface area contributed by atoms with Crippen LogP contribution in [0.1, 0.15) is 43.9 Å². The van der Waals surface area contributed by atoms with Crippen molar-refractivity contribution in [1.29, 1.82) is 5.26 Å². The largest absolute Gasteiger partial charge is 0.335 e. The van der Waals surface area contributed by atoms with Crippen LogP contribution in [0.5, 0.6) is 0 Å². The fourth-order valence-corrected chi connectivity index (χ4v) is 1.91. The van der Waals surface area contributed by atoms with Gasteiger partial charge in [-0.1, -0.05) is 25.1 Å². The lowest BCUT2D eigenvalue weighted by molar-refractivity contribution is 0.233. The fourth-order valence-electron chi connectivity index (χ4n) is 1.91. The first-order valence-electron chi connectivity index (χ1n) is 6.78. The molecule has 2 amide bonds. The van der Waals surface area contributed by atoms with E-state index in [1.807, 2.05) is 26.0 Å². The molecule has 0 heterocycles. The first-order valence-corrected chi connectivity index (χ1v) is 6.78. The molecule has 0 saturated carbocycles. The van der Waals surface area contributed by atoms with E-state index in [1.165, 1.54) is 0 Å². The van der Waals surface area contributed by atoms with Crippen molar-refractivity contribution in [2.24, 2.45) is 0 Å². The first kappa shape index (κ1) is 15.8. The van der Waals surface area contributed by atoms with Gasteiger partial charge in [0.05, 0.1) is 17.7 Å². The van der Waals surface area contributed by atoms with Crippen molar-refractivity contribution < 1.29 is 4.79 Å². The van der Waals surface area contributed by atoms with Crippen LogP contribution in [0.25, 0.3) is 0 Å². The number of nitrogens with zero attached hydrogens (tertiary/aromatic N) is 1. The third-order valence-electron chi connectivity index (χ3n) is 3.14. The highest BCUT2D eigenvalue weighted by molar-refractivity contribution is 5.74. The lowest BCUT2D eigenvalue weighted by Gasteiger charge is -2.19. The number of carbonyl (C=O) groups is 1. The molecule has 0 radical (unpaired) electrons. The SMILES string of the molecule is C=CCC(CC)NC(=O)NC(C)c1cccc(C#N)c1. The van der Waals surface area contributed by atoms with Crippen LogP contribution in [-0.4, -0.2) is 12.1 Å². The molecule has 2 N–H and O–H groups in total. The van der Waals surface area contributed by atoms with Crippen molar-refractivity contribution in [1.82, 2.24) is 10.6 Å². The lowest BCUT2D eigenvalue weighted by atomic mass is 10.1. The molecule has 1 aromatic carbocycles. The molecule has 2 atom stereocenters. The zero-order valence-electron chi connectivity index (χ0n) is 12.0. The summed E-state index contributed by atoms with van der Waals surface area (Å²) >= 11 is 0. The average molecular weight is 271 g/mol. The summed E-state index contributed by atoms with van der Waals surface area (Å²) < 4.78 is 0. The molecular formula is C16H21N3O. The maximum Gasteiger partial charge on any atom is 0.315 e. The van der Waals surface area contributed by atoms with Crippen molar-refractivity contribution in [3.63, 3.8) is 0 Å². The van der Waals surface area contributed by atoms with Crippen molar-refractivity contribution in [2.45, 2.75) is 38.8 Å². The van der Waals surface area contributed by atoms with E-state index in [0.29, 0.717) is 5.56 Å². The standard InChI is InChI=1S/C16H21N3O/c1-4-7-15(5-2)19-16(20)18-12(3)14-9-6-8-13(10-14)11-17/h4,6,8-10,12,15H,1,5,7H2,2-3H3,(H2,18,19,20). The van der Waals surface area contributed by atoms with Crippen LogP contribution in [0.15, 0.2) is 36.9 Å². The van der Waals surface area contributed by atoms with Crippen molar-refractivity contribution in [2.75, 3.05) is 0 Å². The van der Waals surface area contributed by atoms with E-state index >= 15 is 0 Å². The smallest absolute Gasteiger partial charge is 0.315 e. The maximum absolute atomic E-state index is 11.9. The molecule has 106 valence electrons. The van der Waals surface area contributed by atoms with Crippen LogP contribution in [0, 0.1) is 11.3 Å². The minimum Gasteiger partial charge on any atom is -0.335 e. The summed E-state index contributed by atoms with van der Waals surface area (Å²) in [7, 11) is 0. The molecule has 0 fully saturated rings. The van der Waals surface area contributed by atoms with Crippen molar-refractivity contribution >= 4 is 6.03 Å². The monoisotopic (exact) mass is 271 g/mol. The van der Waals surface area contributed by atoms with Gasteiger partial charge in [0.1, 0.15) is 0 Å². The van der Waals surface area contributed by atoms with Crippen LogP contribution in [-0.2, 0) is 0 Å². The Morgan fingerprint density at radius 2 is 2.25 bits per heavy atom. The Balaban J connectivity index is 2.60. The summed E-state index contributed by atoms with van der Waals surface area (Å²) in [4.78, 5) is 11.9. The Morgan fingerprint density at radius 3 is 2.85 bits per heavy atom. The van der Waals surface area contributed by atoms with Gasteiger partial charge in [0, 0.05) is 6.04 Å². The Bertz CT molecular complexity index is 505. The van der Waals surface area contributed by atoms with Gasteiger partial charge in [-0.25, -0.2) is 4.79 Å². The minimum absolute atomic E-state index is 0.102. The van der Waals surface area contributed by atoms with Gasteiger partial charge in [-0.15, -0.1) is 6.58 Å². The van der Waals surface area contributed by atoms with E-state index in [1.54, 1.807) is 18.2 Å². The van der Waals surface area contributed by atoms with Crippen LogP contribution in [0.4, 0.5) is 4.79 Å². The first-order chi connectivity index (χ1) is 9.60. The van der Waals surface area contributed by atoms with Gasteiger partial charge in [0.25, 0.3) is 0 Å². The number of benzene rings is 1. The molecule has 2 unspecified atom stereocenters. The van der Waals surface area contributed by atoms with E-state index in [2.05, 4.69) is 23.3 Å². The molecule has 0 aliphatic rings. The number of hydrogen-bond donors (Lipinski definition) is 2. The van der Waals surface area contributed by atoms with Crippen molar-refractivity contribution in [3.8, 4) is 6.07 Å². The zero-order chi connectivity index (χ0) is 15.0. The topological polar surface area (TPSA) is 64.9 Å². The molecule has 0 saturated heterocycles. The predicted octanol–water partition coefficient (Wildman–Crippen LogP) is 3.27. The molecule has 4 heteroatoms. The summed E-state index contributed by atoms with van der Waals surface area (Å²) in [6.07, 6.45) is 3.41. The third-order valence-corrected chi connectivity index (χ3v) is 3.14. The number of hydrogen-bond acceptors (Lipinski definition) is 2. The summed E-state index contributed by atoms with van der Waals surface area (Å²) in [5, 5.41) is 14.7. The van der Waals surface area contributed by atoms with Gasteiger partial charge in [0.15, 0.2) is 0 Å². The summed E-state index contributed by atoms with van der Waals surface area (Å²) in [6, 6.07) is 9.09. The maximum atomic E-state index is 11.9. The van der Waals surface area contributed by atoms with Gasteiger partial charge in [-0.3, -0.25) is 0 Å². The van der Waals surface area contributed by atoms with Crippen LogP contribution in [0.2, 0.25) is 0 Å². The Morgan fingerprint density at radius 1 is 1.50 bits per heavy atom. The number of urea groups is 1. The molecule has 4 nitrogen and oxygen atoms in total. The third kappa shape index (κ3) is 4.77. The number of rotatable bonds is 6. The van der Waals surface area contributed by atoms with E-state index in [4.69, 9.17) is 5.26 Å². The second kappa shape index (κ2) is 8.00. The molecule has 20 heavy (non-hydrogen) atoms. The molecule has 0 aromatic heterocycles. The summed E-state index contributed by atoms with van der Waals surface area (Å²) in [6.45, 7) is 7.60. The number of amides is 2. The van der Waals surface area contributed by atoms with E-state index in [9.17, 15) is 4.79 Å². The number of nitriles is 1. The Labute approximate surface area is 120 Å². The lowest BCUT2D eigenvalue weighted by Crippen LogP contribution is -2.42. The van der Waals surface area contributed by atoms with Gasteiger partial charge in [0.2, 0.25) is 0 Å². The second-order valence-electron chi connectivity index (χ2n) is 4.71. The predicted molar refractivity (Wildman–Crippen MR) is 80.1 cm³/mol. The van der Waals surface area contributed by atoms with Gasteiger partial charge in [-0.2, -0.15) is 5.26 Å². The molecule has 1 aromatic rings. The van der Waals surface area contributed by atoms with Gasteiger partial charge < -0.3 is 10.6 Å². The quantitative estimate of drug-likeness (QED) is 0.780. The van der Waals surface area contributed by atoms with Gasteiger partial charge in [-0.05, 0) is 37.5 Å². The van der Waals surface area contributed by atoms with Crippen LogP contribution in [0.3, 0.4) is 0 Å². The minimum atomic E-state index is -0.200. The second-order valence-corrected chi connectivity index (χ2v) is 4.71. The zero-order valence-corrected chi connectivity index (χ0v) is 12.0. The summed E-state index contributed by atoms with van der Waals surface area (Å²) in [5.74, 6) is 0. The molecule has 0 spiro atoms. The van der Waals surface area contributed by atoms with E-state index < -0.39 is 0 Å². The summed E-state index contributed by atoms with van der Waals surface area (Å²) in [5.41, 5.74) is 1.51. The van der Waals surface area contributed by atoms with E-state index in [-0.39, 0.29) is 18.1 Å². The number of nitrogens with one attached hydrogen (secondary N) is 2. The molecule has 1 rings (SSSR count). The average Bonchev–Trinajstić information content (AvgIpc) is 2.46. The Hall–Kier alpha value is -2.28. The van der Waals surface area contributed by atoms with Crippen molar-refractivity contribution in [3.05, 3.63) is 48.0 Å². The van der Waals surface area contributed by atoms with Crippen LogP contribution >= 0.6 is 0 Å². The molecule has 0 aliphatic heterocycles. The highest BCUT2D eigenvalue weighted by atomic mass is 16.2. The fraction of sp³-hybridized carbons (Fsp3) is 0.375. The highest BCUT2D eigenvalue weighted by Crippen LogP contribution is 2.13. The normalized spacial score (nSPS) is 12.8. The molecule has 0 aliphatic carbocycles. The number of carbonyl (C=O) groups excluding carboxylic acids is 1. The molecular weight excluding hydrogens is 250 g/mol. The Kier molecular flexibility index (Phi) is 6.31.